The first kappa shape index (κ1) is 17.6. The summed E-state index contributed by atoms with van der Waals surface area (Å²) in [6.07, 6.45) is 2.47. The van der Waals surface area contributed by atoms with Crippen molar-refractivity contribution in [3.8, 4) is 5.75 Å². The topological polar surface area (TPSA) is 54.6 Å². The van der Waals surface area contributed by atoms with Crippen molar-refractivity contribution in [2.45, 2.75) is 12.3 Å². The van der Waals surface area contributed by atoms with E-state index in [1.807, 2.05) is 35.4 Å². The van der Waals surface area contributed by atoms with Gasteiger partial charge in [0.1, 0.15) is 5.75 Å². The molecule has 5 heteroatoms. The number of nitrogens with one attached hydrogen (secondary N) is 1. The van der Waals surface area contributed by atoms with Gasteiger partial charge in [-0.15, -0.1) is 0 Å². The minimum Gasteiger partial charge on any atom is -0.497 e. The van der Waals surface area contributed by atoms with Crippen molar-refractivity contribution in [3.05, 3.63) is 65.9 Å². The number of amides is 1. The Labute approximate surface area is 158 Å². The predicted octanol–water partition coefficient (Wildman–Crippen LogP) is 3.56. The molecule has 140 valence electrons. The molecule has 4 rings (SSSR count). The largest absolute Gasteiger partial charge is 0.497 e. The first-order chi connectivity index (χ1) is 13.3. The molecule has 2 aromatic carbocycles. The number of rotatable bonds is 5. The first-order valence-corrected chi connectivity index (χ1v) is 9.32. The number of benzene rings is 2. The molecule has 0 spiro atoms. The Morgan fingerprint density at radius 3 is 2.63 bits per heavy atom. The fraction of sp³-hybridized carbons (Fsp3) is 0.318. The molecule has 1 saturated heterocycles. The van der Waals surface area contributed by atoms with Crippen LogP contribution in [0.15, 0.2) is 54.7 Å². The van der Waals surface area contributed by atoms with Gasteiger partial charge in [0, 0.05) is 42.5 Å². The van der Waals surface area contributed by atoms with Crippen LogP contribution in [-0.2, 0) is 9.53 Å². The molecule has 1 aliphatic rings. The van der Waals surface area contributed by atoms with Gasteiger partial charge in [-0.1, -0.05) is 30.3 Å². The van der Waals surface area contributed by atoms with E-state index in [1.54, 1.807) is 7.11 Å². The van der Waals surface area contributed by atoms with E-state index in [0.717, 1.165) is 27.8 Å². The van der Waals surface area contributed by atoms with E-state index in [2.05, 4.69) is 29.2 Å². The zero-order chi connectivity index (χ0) is 18.6. The Morgan fingerprint density at radius 1 is 1.15 bits per heavy atom. The number of ether oxygens (including phenoxy) is 2. The molecule has 1 atom stereocenters. The summed E-state index contributed by atoms with van der Waals surface area (Å²) in [6.45, 7) is 2.57. The Kier molecular flexibility index (Phi) is 5.12. The summed E-state index contributed by atoms with van der Waals surface area (Å²) in [7, 11) is 1.66. The van der Waals surface area contributed by atoms with E-state index in [4.69, 9.17) is 9.47 Å². The van der Waals surface area contributed by atoms with Crippen molar-refractivity contribution in [1.29, 1.82) is 0 Å². The molecule has 0 unspecified atom stereocenters. The van der Waals surface area contributed by atoms with E-state index < -0.39 is 0 Å². The fourth-order valence-electron chi connectivity index (χ4n) is 3.74. The zero-order valence-electron chi connectivity index (χ0n) is 15.5. The third-order valence-corrected chi connectivity index (χ3v) is 5.26. The number of aromatic amines is 1. The molecule has 1 aromatic heterocycles. The smallest absolute Gasteiger partial charge is 0.223 e. The molecule has 2 heterocycles. The highest BCUT2D eigenvalue weighted by Crippen LogP contribution is 2.34. The van der Waals surface area contributed by atoms with E-state index in [-0.39, 0.29) is 11.8 Å². The molecule has 27 heavy (non-hydrogen) atoms. The maximum absolute atomic E-state index is 13.0. The summed E-state index contributed by atoms with van der Waals surface area (Å²) >= 11 is 0. The van der Waals surface area contributed by atoms with Gasteiger partial charge in [0.05, 0.1) is 20.3 Å². The Balaban J connectivity index is 1.69. The van der Waals surface area contributed by atoms with Crippen LogP contribution < -0.4 is 4.74 Å². The van der Waals surface area contributed by atoms with Gasteiger partial charge in [-0.05, 0) is 29.3 Å². The van der Waals surface area contributed by atoms with Crippen LogP contribution in [0.2, 0.25) is 0 Å². The maximum atomic E-state index is 13.0. The van der Waals surface area contributed by atoms with Crippen LogP contribution in [0.5, 0.6) is 5.75 Å². The van der Waals surface area contributed by atoms with E-state index in [9.17, 15) is 4.79 Å². The molecule has 1 amide bonds. The van der Waals surface area contributed by atoms with Crippen LogP contribution in [0.25, 0.3) is 10.9 Å². The van der Waals surface area contributed by atoms with Gasteiger partial charge in [0.25, 0.3) is 0 Å². The molecule has 0 radical (unpaired) electrons. The Hall–Kier alpha value is -2.79. The number of carbonyl (C=O) groups excluding carboxylic acids is 1. The number of morpholine rings is 1. The number of nitrogens with zero attached hydrogens (tertiary/aromatic N) is 1. The number of carbonyl (C=O) groups is 1. The second-order valence-electron chi connectivity index (χ2n) is 6.81. The number of aromatic nitrogens is 1. The van der Waals surface area contributed by atoms with Crippen molar-refractivity contribution < 1.29 is 14.3 Å². The average molecular weight is 364 g/mol. The maximum Gasteiger partial charge on any atom is 0.223 e. The summed E-state index contributed by atoms with van der Waals surface area (Å²) in [4.78, 5) is 18.2. The van der Waals surface area contributed by atoms with Crippen molar-refractivity contribution >= 4 is 16.8 Å². The SMILES string of the molecule is COc1ccc([C@H](CC(=O)N2CCOCC2)c2c[nH]c3ccccc23)cc1. The minimum absolute atomic E-state index is 0.0117. The number of para-hydroxylation sites is 1. The number of hydrogen-bond acceptors (Lipinski definition) is 3. The zero-order valence-corrected chi connectivity index (χ0v) is 15.5. The summed E-state index contributed by atoms with van der Waals surface area (Å²) < 4.78 is 10.7. The van der Waals surface area contributed by atoms with Gasteiger partial charge < -0.3 is 19.4 Å². The van der Waals surface area contributed by atoms with E-state index in [1.165, 1.54) is 0 Å². The van der Waals surface area contributed by atoms with Crippen LogP contribution in [0.3, 0.4) is 0 Å². The monoisotopic (exact) mass is 364 g/mol. The van der Waals surface area contributed by atoms with E-state index in [0.29, 0.717) is 32.7 Å². The van der Waals surface area contributed by atoms with Crippen LogP contribution in [0, 0.1) is 0 Å². The van der Waals surface area contributed by atoms with Gasteiger partial charge >= 0.3 is 0 Å². The van der Waals surface area contributed by atoms with Crippen LogP contribution in [0.1, 0.15) is 23.5 Å². The lowest BCUT2D eigenvalue weighted by Gasteiger charge is -2.28. The second-order valence-corrected chi connectivity index (χ2v) is 6.81. The van der Waals surface area contributed by atoms with E-state index >= 15 is 0 Å². The van der Waals surface area contributed by atoms with Crippen molar-refractivity contribution in [3.63, 3.8) is 0 Å². The summed E-state index contributed by atoms with van der Waals surface area (Å²) in [5.41, 5.74) is 3.35. The molecule has 5 nitrogen and oxygen atoms in total. The average Bonchev–Trinajstić information content (AvgIpc) is 3.16. The number of hydrogen-bond donors (Lipinski definition) is 1. The molecule has 1 N–H and O–H groups in total. The van der Waals surface area contributed by atoms with Gasteiger partial charge in [-0.2, -0.15) is 0 Å². The third kappa shape index (κ3) is 3.69. The molecular formula is C22H24N2O3. The molecule has 0 bridgehead atoms. The number of H-pyrrole nitrogens is 1. The first-order valence-electron chi connectivity index (χ1n) is 9.32. The lowest BCUT2D eigenvalue weighted by molar-refractivity contribution is -0.135. The third-order valence-electron chi connectivity index (χ3n) is 5.26. The van der Waals surface area contributed by atoms with Gasteiger partial charge in [-0.3, -0.25) is 4.79 Å². The quantitative estimate of drug-likeness (QED) is 0.753. The standard InChI is InChI=1S/C22H24N2O3/c1-26-17-8-6-16(7-9-17)19(14-22(25)24-10-12-27-13-11-24)20-15-23-21-5-3-2-4-18(20)21/h2-9,15,19,23H,10-14H2,1H3/t19-/m0/s1. The fourth-order valence-corrected chi connectivity index (χ4v) is 3.74. The lowest BCUT2D eigenvalue weighted by Crippen LogP contribution is -2.41. The molecule has 0 aliphatic carbocycles. The molecule has 3 aromatic rings. The van der Waals surface area contributed by atoms with Gasteiger partial charge in [0.2, 0.25) is 5.91 Å². The highest BCUT2D eigenvalue weighted by Gasteiger charge is 2.25. The predicted molar refractivity (Wildman–Crippen MR) is 105 cm³/mol. The number of methoxy groups -OCH3 is 1. The normalized spacial score (nSPS) is 15.7. The highest BCUT2D eigenvalue weighted by atomic mass is 16.5. The van der Waals surface area contributed by atoms with Gasteiger partial charge in [0.15, 0.2) is 0 Å². The second kappa shape index (κ2) is 7.84. The van der Waals surface area contributed by atoms with Crippen molar-refractivity contribution in [1.82, 2.24) is 9.88 Å². The summed E-state index contributed by atoms with van der Waals surface area (Å²) in [6, 6.07) is 16.2. The Bertz CT molecular complexity index is 911. The summed E-state index contributed by atoms with van der Waals surface area (Å²) in [5, 5.41) is 1.16. The lowest BCUT2D eigenvalue weighted by atomic mass is 9.87. The molecule has 1 aliphatic heterocycles. The van der Waals surface area contributed by atoms with Crippen LogP contribution >= 0.6 is 0 Å². The van der Waals surface area contributed by atoms with Crippen LogP contribution in [0.4, 0.5) is 0 Å². The van der Waals surface area contributed by atoms with Gasteiger partial charge in [-0.25, -0.2) is 0 Å². The Morgan fingerprint density at radius 2 is 1.89 bits per heavy atom. The summed E-state index contributed by atoms with van der Waals surface area (Å²) in [5.74, 6) is 0.975. The van der Waals surface area contributed by atoms with Crippen molar-refractivity contribution in [2.75, 3.05) is 33.4 Å². The molecular weight excluding hydrogens is 340 g/mol. The van der Waals surface area contributed by atoms with Crippen LogP contribution in [-0.4, -0.2) is 49.2 Å². The van der Waals surface area contributed by atoms with Crippen molar-refractivity contribution in [2.24, 2.45) is 0 Å². The number of fused-ring (bicyclic) bond motifs is 1. The molecule has 1 fully saturated rings. The highest BCUT2D eigenvalue weighted by molar-refractivity contribution is 5.86. The molecule has 0 saturated carbocycles. The minimum atomic E-state index is -0.0117.